The summed E-state index contributed by atoms with van der Waals surface area (Å²) in [4.78, 5) is 54.5. The van der Waals surface area contributed by atoms with Crippen LogP contribution in [0.4, 0.5) is 14.0 Å². The summed E-state index contributed by atoms with van der Waals surface area (Å²) in [5.41, 5.74) is 1.29. The van der Waals surface area contributed by atoms with Crippen molar-refractivity contribution < 1.29 is 28.3 Å². The molecular weight excluding hydrogens is 473 g/mol. The highest BCUT2D eigenvalue weighted by molar-refractivity contribution is 8.18. The Morgan fingerprint density at radius 2 is 1.74 bits per heavy atom. The molecule has 4 amide bonds. The quantitative estimate of drug-likeness (QED) is 0.581. The van der Waals surface area contributed by atoms with E-state index >= 15 is 0 Å². The predicted molar refractivity (Wildman–Crippen MR) is 129 cm³/mol. The maximum atomic E-state index is 14.0. The Hall–Kier alpha value is -3.66. The zero-order valence-corrected chi connectivity index (χ0v) is 19.9. The molecule has 0 bridgehead atoms. The maximum absolute atomic E-state index is 14.0. The van der Waals surface area contributed by atoms with Gasteiger partial charge < -0.3 is 14.5 Å². The van der Waals surface area contributed by atoms with Crippen LogP contribution in [0.3, 0.4) is 0 Å². The molecule has 0 aromatic heterocycles. The number of halogens is 1. The van der Waals surface area contributed by atoms with E-state index in [-0.39, 0.29) is 29.0 Å². The third kappa shape index (κ3) is 5.54. The third-order valence-electron chi connectivity index (χ3n) is 5.68. The van der Waals surface area contributed by atoms with Gasteiger partial charge in [0.25, 0.3) is 17.1 Å². The molecule has 0 aliphatic carbocycles. The Morgan fingerprint density at radius 3 is 2.46 bits per heavy atom. The van der Waals surface area contributed by atoms with E-state index in [0.717, 1.165) is 16.7 Å². The molecule has 0 saturated carbocycles. The van der Waals surface area contributed by atoms with E-state index in [4.69, 9.17) is 4.74 Å². The first-order chi connectivity index (χ1) is 16.9. The van der Waals surface area contributed by atoms with Crippen molar-refractivity contribution in [1.29, 1.82) is 0 Å². The van der Waals surface area contributed by atoms with Gasteiger partial charge in [0.05, 0.1) is 18.1 Å². The van der Waals surface area contributed by atoms with Crippen LogP contribution < -0.4 is 0 Å². The summed E-state index contributed by atoms with van der Waals surface area (Å²) in [6, 6.07) is 12.8. The number of rotatable bonds is 5. The van der Waals surface area contributed by atoms with Crippen LogP contribution >= 0.6 is 11.8 Å². The summed E-state index contributed by atoms with van der Waals surface area (Å²) in [7, 11) is 0. The lowest BCUT2D eigenvalue weighted by molar-refractivity contribution is -0.123. The first-order valence-corrected chi connectivity index (χ1v) is 12.0. The summed E-state index contributed by atoms with van der Waals surface area (Å²) >= 11 is 0.782. The second-order valence-electron chi connectivity index (χ2n) is 7.96. The molecule has 2 aliphatic rings. The topological polar surface area (TPSA) is 87.2 Å². The molecule has 2 aromatic rings. The maximum Gasteiger partial charge on any atom is 0.409 e. The number of carbonyl (C=O) groups excluding carboxylic acids is 4. The molecule has 2 fully saturated rings. The second kappa shape index (κ2) is 10.7. The van der Waals surface area contributed by atoms with Gasteiger partial charge in [-0.3, -0.25) is 19.3 Å². The molecule has 4 rings (SSSR count). The van der Waals surface area contributed by atoms with Gasteiger partial charge in [0.1, 0.15) is 5.82 Å². The molecule has 2 heterocycles. The fraction of sp³-hybridized carbons (Fsp3) is 0.280. The number of hydrogen-bond donors (Lipinski definition) is 0. The Bertz CT molecular complexity index is 1190. The van der Waals surface area contributed by atoms with Crippen LogP contribution in [-0.2, 0) is 16.1 Å². The van der Waals surface area contributed by atoms with Crippen molar-refractivity contribution in [3.63, 3.8) is 0 Å². The fourth-order valence-corrected chi connectivity index (χ4v) is 4.67. The summed E-state index contributed by atoms with van der Waals surface area (Å²) in [6.45, 7) is 3.44. The lowest BCUT2D eigenvalue weighted by Crippen LogP contribution is -2.50. The van der Waals surface area contributed by atoms with Crippen molar-refractivity contribution in [1.82, 2.24) is 14.7 Å². The number of nitrogens with zero attached hydrogens (tertiary/aromatic N) is 3. The standard InChI is InChI=1S/C25H24FN3O5S/c1-2-34-24(32)28-12-10-27(11-13-28)22(30)18-8-5-6-17(14-18)15-21-23(31)29(25(33)35-21)16-19-7-3-4-9-20(19)26/h3-9,14-15H,2,10-13,16H2,1H3. The normalized spacial score (nSPS) is 17.3. The van der Waals surface area contributed by atoms with Crippen LogP contribution in [0.15, 0.2) is 53.4 Å². The van der Waals surface area contributed by atoms with Crippen LogP contribution in [0.2, 0.25) is 0 Å². The van der Waals surface area contributed by atoms with E-state index in [1.807, 2.05) is 0 Å². The molecule has 0 atom stereocenters. The summed E-state index contributed by atoms with van der Waals surface area (Å²) in [5.74, 6) is -1.17. The minimum atomic E-state index is -0.505. The number of ether oxygens (including phenoxy) is 1. The molecule has 0 unspecified atom stereocenters. The zero-order chi connectivity index (χ0) is 24.9. The predicted octanol–water partition coefficient (Wildman–Crippen LogP) is 3.98. The minimum Gasteiger partial charge on any atom is -0.450 e. The van der Waals surface area contributed by atoms with Gasteiger partial charge in [-0.2, -0.15) is 0 Å². The fourth-order valence-electron chi connectivity index (χ4n) is 3.84. The van der Waals surface area contributed by atoms with E-state index in [1.54, 1.807) is 59.2 Å². The first-order valence-electron chi connectivity index (χ1n) is 11.2. The van der Waals surface area contributed by atoms with Gasteiger partial charge >= 0.3 is 6.09 Å². The Morgan fingerprint density at radius 1 is 1.03 bits per heavy atom. The molecule has 0 N–H and O–H groups in total. The number of carbonyl (C=O) groups is 4. The summed E-state index contributed by atoms with van der Waals surface area (Å²) in [6.07, 6.45) is 1.17. The Labute approximate surface area is 206 Å². The van der Waals surface area contributed by atoms with Gasteiger partial charge in [-0.05, 0) is 48.5 Å². The zero-order valence-electron chi connectivity index (χ0n) is 19.1. The minimum absolute atomic E-state index is 0.148. The molecule has 35 heavy (non-hydrogen) atoms. The molecule has 0 spiro atoms. The first kappa shape index (κ1) is 24.5. The SMILES string of the molecule is CCOC(=O)N1CCN(C(=O)c2cccc(C=C3SC(=O)N(Cc4ccccc4F)C3=O)c2)CC1. The van der Waals surface area contributed by atoms with E-state index in [2.05, 4.69) is 0 Å². The van der Waals surface area contributed by atoms with Crippen LogP contribution in [0, 0.1) is 5.82 Å². The number of thioether (sulfide) groups is 1. The smallest absolute Gasteiger partial charge is 0.409 e. The Balaban J connectivity index is 1.43. The largest absolute Gasteiger partial charge is 0.450 e. The summed E-state index contributed by atoms with van der Waals surface area (Å²) < 4.78 is 19.0. The van der Waals surface area contributed by atoms with Crippen LogP contribution in [0.5, 0.6) is 0 Å². The van der Waals surface area contributed by atoms with Gasteiger partial charge in [-0.1, -0.05) is 30.3 Å². The van der Waals surface area contributed by atoms with Crippen molar-refractivity contribution in [2.75, 3.05) is 32.8 Å². The molecular formula is C25H24FN3O5S. The molecule has 2 aliphatic heterocycles. The monoisotopic (exact) mass is 497 g/mol. The van der Waals surface area contributed by atoms with Gasteiger partial charge in [0, 0.05) is 37.3 Å². The number of hydrogen-bond acceptors (Lipinski definition) is 6. The Kier molecular flexibility index (Phi) is 7.50. The lowest BCUT2D eigenvalue weighted by atomic mass is 10.1. The average Bonchev–Trinajstić information content (AvgIpc) is 3.12. The number of amides is 4. The summed E-state index contributed by atoms with van der Waals surface area (Å²) in [5, 5.41) is -0.476. The van der Waals surface area contributed by atoms with Crippen LogP contribution in [-0.4, -0.2) is 70.6 Å². The third-order valence-corrected chi connectivity index (χ3v) is 6.59. The molecule has 2 saturated heterocycles. The molecule has 10 heteroatoms. The average molecular weight is 498 g/mol. The van der Waals surface area contributed by atoms with Crippen LogP contribution in [0.25, 0.3) is 6.08 Å². The van der Waals surface area contributed by atoms with Gasteiger partial charge in [0.15, 0.2) is 0 Å². The molecule has 182 valence electrons. The highest BCUT2D eigenvalue weighted by atomic mass is 32.2. The van der Waals surface area contributed by atoms with Gasteiger partial charge in [0.2, 0.25) is 0 Å². The molecule has 2 aromatic carbocycles. The molecule has 0 radical (unpaired) electrons. The number of piperazine rings is 1. The highest BCUT2D eigenvalue weighted by Crippen LogP contribution is 2.33. The van der Waals surface area contributed by atoms with Gasteiger partial charge in [-0.15, -0.1) is 0 Å². The molecule has 8 nitrogen and oxygen atoms in total. The van der Waals surface area contributed by atoms with Crippen molar-refractivity contribution >= 4 is 41.0 Å². The van der Waals surface area contributed by atoms with Crippen molar-refractivity contribution in [2.24, 2.45) is 0 Å². The van der Waals surface area contributed by atoms with E-state index < -0.39 is 17.0 Å². The van der Waals surface area contributed by atoms with Crippen LogP contribution in [0.1, 0.15) is 28.4 Å². The van der Waals surface area contributed by atoms with E-state index in [9.17, 15) is 23.6 Å². The lowest BCUT2D eigenvalue weighted by Gasteiger charge is -2.34. The highest BCUT2D eigenvalue weighted by Gasteiger charge is 2.35. The van der Waals surface area contributed by atoms with E-state index in [1.165, 1.54) is 12.1 Å². The van der Waals surface area contributed by atoms with Crippen molar-refractivity contribution in [3.8, 4) is 0 Å². The van der Waals surface area contributed by atoms with Crippen molar-refractivity contribution in [3.05, 3.63) is 75.9 Å². The second-order valence-corrected chi connectivity index (χ2v) is 8.96. The van der Waals surface area contributed by atoms with E-state index in [0.29, 0.717) is 43.9 Å². The van der Waals surface area contributed by atoms with Gasteiger partial charge in [-0.25, -0.2) is 9.18 Å². The van der Waals surface area contributed by atoms with Crippen molar-refractivity contribution in [2.45, 2.75) is 13.5 Å². The number of benzene rings is 2. The number of imide groups is 1.